The summed E-state index contributed by atoms with van der Waals surface area (Å²) >= 11 is 0. The SMILES string of the molecule is C=C(C(=O)C=Cc1ccccc1)C(=O)CC. The van der Waals surface area contributed by atoms with Crippen LogP contribution in [0.15, 0.2) is 48.6 Å². The van der Waals surface area contributed by atoms with Gasteiger partial charge < -0.3 is 0 Å². The first kappa shape index (κ1) is 12.1. The molecule has 0 aromatic heterocycles. The molecule has 1 aromatic carbocycles. The maximum Gasteiger partial charge on any atom is 0.188 e. The second kappa shape index (κ2) is 5.81. The van der Waals surface area contributed by atoms with Crippen LogP contribution >= 0.6 is 0 Å². The van der Waals surface area contributed by atoms with Crippen LogP contribution in [-0.2, 0) is 9.59 Å². The van der Waals surface area contributed by atoms with Crippen LogP contribution in [0.2, 0.25) is 0 Å². The number of hydrogen-bond donors (Lipinski definition) is 0. The first-order valence-electron chi connectivity index (χ1n) is 5.14. The fraction of sp³-hybridized carbons (Fsp3) is 0.143. The first-order chi connectivity index (χ1) is 7.65. The van der Waals surface area contributed by atoms with Crippen LogP contribution in [0.1, 0.15) is 18.9 Å². The zero-order valence-corrected chi connectivity index (χ0v) is 9.27. The van der Waals surface area contributed by atoms with Gasteiger partial charge in [-0.15, -0.1) is 0 Å². The molecule has 0 N–H and O–H groups in total. The lowest BCUT2D eigenvalue weighted by atomic mass is 10.1. The third-order valence-corrected chi connectivity index (χ3v) is 2.18. The van der Waals surface area contributed by atoms with E-state index in [1.165, 1.54) is 6.08 Å². The Morgan fingerprint density at radius 1 is 1.25 bits per heavy atom. The third kappa shape index (κ3) is 3.31. The summed E-state index contributed by atoms with van der Waals surface area (Å²) in [4.78, 5) is 22.7. The Labute approximate surface area is 95.3 Å². The predicted octanol–water partition coefficient (Wildman–Crippen LogP) is 2.80. The highest BCUT2D eigenvalue weighted by Gasteiger charge is 2.10. The Kier molecular flexibility index (Phi) is 4.40. The number of hydrogen-bond acceptors (Lipinski definition) is 2. The molecule has 82 valence electrons. The Bertz CT molecular complexity index is 427. The molecule has 1 rings (SSSR count). The van der Waals surface area contributed by atoms with Gasteiger partial charge in [0.15, 0.2) is 11.6 Å². The van der Waals surface area contributed by atoms with Gasteiger partial charge in [-0.2, -0.15) is 0 Å². The fourth-order valence-corrected chi connectivity index (χ4v) is 1.19. The highest BCUT2D eigenvalue weighted by atomic mass is 16.1. The lowest BCUT2D eigenvalue weighted by molar-refractivity contribution is -0.119. The number of carbonyl (C=O) groups excluding carboxylic acids is 2. The maximum atomic E-state index is 11.5. The van der Waals surface area contributed by atoms with Crippen LogP contribution in [0.4, 0.5) is 0 Å². The van der Waals surface area contributed by atoms with Crippen LogP contribution in [0.5, 0.6) is 0 Å². The van der Waals surface area contributed by atoms with Crippen molar-refractivity contribution in [3.63, 3.8) is 0 Å². The molecule has 1 aromatic rings. The van der Waals surface area contributed by atoms with Crippen LogP contribution in [-0.4, -0.2) is 11.6 Å². The van der Waals surface area contributed by atoms with Gasteiger partial charge in [-0.05, 0) is 11.6 Å². The van der Waals surface area contributed by atoms with Crippen molar-refractivity contribution in [2.24, 2.45) is 0 Å². The zero-order chi connectivity index (χ0) is 12.0. The number of benzene rings is 1. The minimum atomic E-state index is -0.323. The van der Waals surface area contributed by atoms with E-state index in [0.29, 0.717) is 6.42 Å². The predicted molar refractivity (Wildman–Crippen MR) is 64.9 cm³/mol. The lowest BCUT2D eigenvalue weighted by Crippen LogP contribution is -2.08. The molecule has 0 aliphatic rings. The molecule has 0 unspecified atom stereocenters. The first-order valence-corrected chi connectivity index (χ1v) is 5.14. The van der Waals surface area contributed by atoms with Gasteiger partial charge in [-0.25, -0.2) is 0 Å². The highest BCUT2D eigenvalue weighted by Crippen LogP contribution is 2.04. The smallest absolute Gasteiger partial charge is 0.188 e. The number of rotatable bonds is 5. The molecule has 0 aliphatic carbocycles. The second-order valence-corrected chi connectivity index (χ2v) is 3.36. The van der Waals surface area contributed by atoms with Gasteiger partial charge in [-0.3, -0.25) is 9.59 Å². The zero-order valence-electron chi connectivity index (χ0n) is 9.27. The van der Waals surface area contributed by atoms with Gasteiger partial charge in [0, 0.05) is 6.42 Å². The quantitative estimate of drug-likeness (QED) is 0.429. The van der Waals surface area contributed by atoms with Crippen molar-refractivity contribution in [3.8, 4) is 0 Å². The van der Waals surface area contributed by atoms with Crippen LogP contribution in [0, 0.1) is 0 Å². The van der Waals surface area contributed by atoms with Gasteiger partial charge in [-0.1, -0.05) is 49.9 Å². The maximum absolute atomic E-state index is 11.5. The van der Waals surface area contributed by atoms with E-state index in [1.807, 2.05) is 30.3 Å². The van der Waals surface area contributed by atoms with E-state index in [2.05, 4.69) is 6.58 Å². The number of carbonyl (C=O) groups is 2. The Balaban J connectivity index is 2.69. The molecular weight excluding hydrogens is 200 g/mol. The van der Waals surface area contributed by atoms with E-state index >= 15 is 0 Å². The summed E-state index contributed by atoms with van der Waals surface area (Å²) in [5.74, 6) is -0.529. The molecule has 0 amide bonds. The van der Waals surface area contributed by atoms with E-state index in [9.17, 15) is 9.59 Å². The van der Waals surface area contributed by atoms with Crippen molar-refractivity contribution in [3.05, 3.63) is 54.1 Å². The molecule has 0 atom stereocenters. The molecule has 0 saturated carbocycles. The summed E-state index contributed by atoms with van der Waals surface area (Å²) in [6.07, 6.45) is 3.37. The van der Waals surface area contributed by atoms with Gasteiger partial charge in [0.25, 0.3) is 0 Å². The van der Waals surface area contributed by atoms with Gasteiger partial charge in [0.2, 0.25) is 0 Å². The highest BCUT2D eigenvalue weighted by molar-refractivity contribution is 6.24. The number of allylic oxidation sites excluding steroid dienone is 2. The normalized spacial score (nSPS) is 10.3. The third-order valence-electron chi connectivity index (χ3n) is 2.18. The molecular formula is C14H14O2. The van der Waals surface area contributed by atoms with E-state index in [-0.39, 0.29) is 17.1 Å². The number of Topliss-reactive ketones (excluding diaryl/α,β-unsaturated/α-hetero) is 1. The summed E-state index contributed by atoms with van der Waals surface area (Å²) in [6.45, 7) is 5.20. The Hall–Kier alpha value is -1.96. The van der Waals surface area contributed by atoms with Crippen molar-refractivity contribution < 1.29 is 9.59 Å². The molecule has 16 heavy (non-hydrogen) atoms. The summed E-state index contributed by atoms with van der Waals surface area (Å²) in [5, 5.41) is 0. The van der Waals surface area contributed by atoms with Crippen molar-refractivity contribution in [2.75, 3.05) is 0 Å². The molecule has 0 spiro atoms. The van der Waals surface area contributed by atoms with E-state index < -0.39 is 0 Å². The average molecular weight is 214 g/mol. The minimum absolute atomic E-state index is 0.0506. The topological polar surface area (TPSA) is 34.1 Å². The minimum Gasteiger partial charge on any atom is -0.294 e. The molecule has 2 heteroatoms. The summed E-state index contributed by atoms with van der Waals surface area (Å²) in [6, 6.07) is 9.44. The Morgan fingerprint density at radius 2 is 1.88 bits per heavy atom. The van der Waals surface area contributed by atoms with Gasteiger partial charge in [0.05, 0.1) is 5.57 Å². The molecule has 0 saturated heterocycles. The van der Waals surface area contributed by atoms with E-state index in [0.717, 1.165) is 5.56 Å². The molecule has 0 radical (unpaired) electrons. The molecule has 0 bridgehead atoms. The van der Waals surface area contributed by atoms with E-state index in [4.69, 9.17) is 0 Å². The van der Waals surface area contributed by atoms with Gasteiger partial charge in [0.1, 0.15) is 0 Å². The Morgan fingerprint density at radius 3 is 2.44 bits per heavy atom. The van der Waals surface area contributed by atoms with Crippen molar-refractivity contribution in [1.29, 1.82) is 0 Å². The summed E-state index contributed by atoms with van der Waals surface area (Å²) in [5.41, 5.74) is 0.974. The second-order valence-electron chi connectivity index (χ2n) is 3.36. The van der Waals surface area contributed by atoms with Crippen molar-refractivity contribution >= 4 is 17.6 Å². The molecule has 2 nitrogen and oxygen atoms in total. The van der Waals surface area contributed by atoms with Crippen LogP contribution < -0.4 is 0 Å². The van der Waals surface area contributed by atoms with Crippen molar-refractivity contribution in [2.45, 2.75) is 13.3 Å². The van der Waals surface area contributed by atoms with Crippen LogP contribution in [0.25, 0.3) is 6.08 Å². The monoisotopic (exact) mass is 214 g/mol. The van der Waals surface area contributed by atoms with Crippen molar-refractivity contribution in [1.82, 2.24) is 0 Å². The fourth-order valence-electron chi connectivity index (χ4n) is 1.19. The standard InChI is InChI=1S/C14H14O2/c1-3-13(15)11(2)14(16)10-9-12-7-5-4-6-8-12/h4-10H,2-3H2,1H3. The van der Waals surface area contributed by atoms with Gasteiger partial charge >= 0.3 is 0 Å². The number of ketones is 2. The molecule has 0 heterocycles. The van der Waals surface area contributed by atoms with E-state index in [1.54, 1.807) is 13.0 Å². The molecule has 0 aliphatic heterocycles. The summed E-state index contributed by atoms with van der Waals surface area (Å²) < 4.78 is 0. The molecule has 0 fully saturated rings. The average Bonchev–Trinajstić information content (AvgIpc) is 2.35. The summed E-state index contributed by atoms with van der Waals surface area (Å²) in [7, 11) is 0. The largest absolute Gasteiger partial charge is 0.294 e. The lowest BCUT2D eigenvalue weighted by Gasteiger charge is -1.97. The van der Waals surface area contributed by atoms with Crippen LogP contribution in [0.3, 0.4) is 0 Å².